The van der Waals surface area contributed by atoms with Gasteiger partial charge in [-0.05, 0) is 190 Å². The number of allylic oxidation sites excluding steroid dienone is 3. The molecule has 0 bridgehead atoms. The molecule has 17 N–H and O–H groups in total. The predicted molar refractivity (Wildman–Crippen MR) is 567 cm³/mol. The molecule has 768 valence electrons. The van der Waals surface area contributed by atoms with Crippen LogP contribution in [0.25, 0.3) is 55.8 Å². The van der Waals surface area contributed by atoms with E-state index in [1.165, 1.54) is 54.6 Å². The molecule has 0 aliphatic carbocycles. The van der Waals surface area contributed by atoms with Gasteiger partial charge in [-0.3, -0.25) is 22.8 Å². The van der Waals surface area contributed by atoms with E-state index in [2.05, 4.69) is 249 Å². The highest BCUT2D eigenvalue weighted by Crippen LogP contribution is 2.47. The number of aryl methyl sites for hydroxylation is 2. The van der Waals surface area contributed by atoms with Crippen LogP contribution in [0.1, 0.15) is 136 Å². The Morgan fingerprint density at radius 2 is 0.640 bits per heavy atom. The second-order valence-electron chi connectivity index (χ2n) is 39.6. The first-order chi connectivity index (χ1) is 65.3. The van der Waals surface area contributed by atoms with Crippen molar-refractivity contribution >= 4 is 163 Å². The van der Waals surface area contributed by atoms with Gasteiger partial charge >= 0.3 is 6.01 Å². The summed E-state index contributed by atoms with van der Waals surface area (Å²) in [6, 6.07) is 0.182. The lowest BCUT2D eigenvalue weighted by atomic mass is 10.1. The molecule has 10 aromatic rings. The van der Waals surface area contributed by atoms with Gasteiger partial charge in [0.2, 0.25) is 0 Å². The fourth-order valence-electron chi connectivity index (χ4n) is 16.0. The minimum atomic E-state index is -1.26. The molecule has 5 aliphatic heterocycles. The van der Waals surface area contributed by atoms with Gasteiger partial charge in [-0.2, -0.15) is 9.97 Å². The molecular formula is C92H148N25O16P5S. The molecule has 0 radical (unpaired) electrons. The molecule has 0 unspecified atom stereocenters. The summed E-state index contributed by atoms with van der Waals surface area (Å²) in [6.45, 7) is 33.1. The Hall–Kier alpha value is -7.98. The van der Waals surface area contributed by atoms with Crippen LogP contribution in [0, 0.1) is 13.8 Å². The molecule has 0 spiro atoms. The molecule has 139 heavy (non-hydrogen) atoms. The van der Waals surface area contributed by atoms with E-state index < -0.39 is 157 Å². The standard InChI is InChI=1S/C21H34N5O4P.C21H34N5O3PS.C20H32N5O3P.2C15H24N5O3P/c1-7-13(2)8-10-22-18-15-19(25-21(24-18)29-3)26(12-23-15)20-17(28)16(27)14(30-20)9-11-31(4,5)6;1-7-13(2)8-10-22-18-15-19(25-21(24-18)31-6)26(12-23-15)20-17(28)16(27)14(29-20)9-11-30(3,4)5;1-6-13(2)7-9-21-18-15-19(23-11-22-18)25(12-24-15)20-17(27)16(26)14(28-20)8-10-29(3,4)5;2*1-8-18-13(16)10-14(19-8)20(7-17-10)15-12(22)11(21)9(23-15)5-6-24(2,3)4/h8,12,14,16-17,20,27-28H,4,7,9-11H2,1-3,5-6H3,(H,22,24,25);8,12,14,16-17,20,27-28H,3,7,9-11H2,1-2,4-6H3,(H,22,24,25);7,11-12,14,16-17,20,26-27H,3,6,8-10H2,1-2,4-5H3,(H,21,22,23);2*7,9,11-12,15,21-22H,2,5-6H2,1,3-4H3,(H2,16,18,19)/b2*13-8-;13-7-;;/t3*14-,16-,17-,20-;2*9-,11-,12-,15-/m11111/s1. The Labute approximate surface area is 818 Å². The first-order valence-corrected chi connectivity index (χ1v) is 63.1. The highest BCUT2D eigenvalue weighted by molar-refractivity contribution is 7.98. The number of aliphatic hydroxyl groups excluding tert-OH is 10. The number of aromatic nitrogens is 20. The Bertz CT molecular complexity index is 5910. The van der Waals surface area contributed by atoms with Crippen molar-refractivity contribution in [1.82, 2.24) is 97.6 Å². The average Bonchev–Trinajstić information content (AvgIpc) is 1.62. The van der Waals surface area contributed by atoms with E-state index in [4.69, 9.17) is 39.9 Å². The Kier molecular flexibility index (Phi) is 38.2. The highest BCUT2D eigenvalue weighted by atomic mass is 32.2. The maximum Gasteiger partial charge on any atom is 0.320 e. The summed E-state index contributed by atoms with van der Waals surface area (Å²) in [5.74, 6) is 3.39. The number of methoxy groups -OCH3 is 1. The van der Waals surface area contributed by atoms with Gasteiger partial charge in [0.1, 0.15) is 90.0 Å². The molecule has 15 rings (SSSR count). The summed E-state index contributed by atoms with van der Waals surface area (Å²) < 4.78 is 43.5. The molecule has 0 aromatic carbocycles. The van der Waals surface area contributed by atoms with Crippen molar-refractivity contribution in [2.24, 2.45) is 0 Å². The monoisotopic (exact) mass is 2050 g/mol. The minimum absolute atomic E-state index is 0.182. The lowest BCUT2D eigenvalue weighted by Crippen LogP contribution is -2.31. The summed E-state index contributed by atoms with van der Waals surface area (Å²) in [5, 5.41) is 116. The van der Waals surface area contributed by atoms with Crippen molar-refractivity contribution in [1.29, 1.82) is 0 Å². The van der Waals surface area contributed by atoms with Gasteiger partial charge in [0.15, 0.2) is 110 Å². The van der Waals surface area contributed by atoms with Crippen molar-refractivity contribution in [3.63, 3.8) is 0 Å². The first kappa shape index (κ1) is 111. The third kappa shape index (κ3) is 28.6. The second kappa shape index (κ2) is 47.7. The van der Waals surface area contributed by atoms with Gasteiger partial charge in [0.25, 0.3) is 0 Å². The Balaban J connectivity index is 0.000000167. The van der Waals surface area contributed by atoms with Crippen molar-refractivity contribution in [3.8, 4) is 6.01 Å². The van der Waals surface area contributed by atoms with E-state index >= 15 is 0 Å². The average molecular weight is 2050 g/mol. The van der Waals surface area contributed by atoms with Crippen molar-refractivity contribution in [3.05, 3.63) is 84.6 Å². The molecule has 41 nitrogen and oxygen atoms in total. The predicted octanol–water partition coefficient (Wildman–Crippen LogP) is 8.54. The number of fused-ring (bicyclic) bond motifs is 5. The molecule has 47 heteroatoms. The quantitative estimate of drug-likeness (QED) is 0.00777. The SMILES string of the molecule is C=P(C)(C)CC[C@H]1O[C@@H](n2cnc3c(N)nc(C)nc32)[C@H](O)[C@@H]1O.C=P(C)(C)CC[C@H]1O[C@@H](n2cnc3c(N)nc(C)nc32)[C@H](O)[C@@H]1O.C=P(C)(C)CC[C@H]1O[C@@H](n2cnc3c(NC/C=C(/C)CC)nc(OC)nc32)[C@H](O)[C@@H]1O.C=P(C)(C)CC[C@H]1O[C@@H](n2cnc3c(NC/C=C(/C)CC)nc(SC)nc32)[C@H](O)[C@@H]1O.C=P(C)(C)CC[C@H]1O[C@@H](n2cnc3c(NC/C=C(/C)CC)ncnc32)[C@H](O)[C@@H]1O. The Morgan fingerprint density at radius 1 is 0.374 bits per heavy atom. The smallest absolute Gasteiger partial charge is 0.320 e. The summed E-state index contributed by atoms with van der Waals surface area (Å²) in [6.07, 6.45) is 32.9. The maximum atomic E-state index is 10.7. The second-order valence-corrected chi connectivity index (χ2v) is 62.0. The number of nitrogens with two attached hydrogens (primary N) is 2. The zero-order chi connectivity index (χ0) is 102. The third-order valence-electron chi connectivity index (χ3n) is 24.6. The number of thioether (sulfide) groups is 1. The fraction of sp³-hybridized carbons (Fsp3) is 0.609. The molecule has 5 fully saturated rings. The number of anilines is 5. The molecule has 0 saturated carbocycles. The summed E-state index contributed by atoms with van der Waals surface area (Å²) in [5.41, 5.74) is 20.8. The number of ether oxygens (including phenoxy) is 6. The van der Waals surface area contributed by atoms with Crippen LogP contribution < -0.4 is 32.2 Å². The van der Waals surface area contributed by atoms with Crippen LogP contribution in [0.2, 0.25) is 0 Å². The largest absolute Gasteiger partial charge is 0.467 e. The van der Waals surface area contributed by atoms with Crippen molar-refractivity contribution < 1.29 is 79.5 Å². The van der Waals surface area contributed by atoms with Crippen LogP contribution in [0.4, 0.5) is 29.1 Å². The number of hydrogen-bond donors (Lipinski definition) is 15. The van der Waals surface area contributed by atoms with Crippen LogP contribution in [0.5, 0.6) is 6.01 Å². The number of nitrogens with one attached hydrogen (secondary N) is 3. The van der Waals surface area contributed by atoms with Crippen LogP contribution in [-0.2, 0) is 23.7 Å². The number of nitrogens with zero attached hydrogens (tertiary/aromatic N) is 20. The molecule has 5 saturated heterocycles. The van der Waals surface area contributed by atoms with Gasteiger partial charge in [-0.1, -0.05) is 67.5 Å². The molecule has 0 amide bonds. The highest BCUT2D eigenvalue weighted by Gasteiger charge is 2.50. The molecule has 5 aliphatic rings. The van der Waals surface area contributed by atoms with Crippen molar-refractivity contribution in [2.75, 3.05) is 158 Å². The first-order valence-electron chi connectivity index (χ1n) is 46.7. The summed E-state index contributed by atoms with van der Waals surface area (Å²) in [4.78, 5) is 65.2. The van der Waals surface area contributed by atoms with Gasteiger partial charge in [0.05, 0.1) is 69.3 Å². The van der Waals surface area contributed by atoms with Crippen LogP contribution >= 0.6 is 46.2 Å². The minimum Gasteiger partial charge on any atom is -0.467 e. The van der Waals surface area contributed by atoms with Gasteiger partial charge < -0.3 is 107 Å². The maximum absolute atomic E-state index is 10.7. The Morgan fingerprint density at radius 3 is 0.928 bits per heavy atom. The van der Waals surface area contributed by atoms with E-state index in [-0.39, 0.29) is 17.6 Å². The molecular weight excluding hydrogens is 1900 g/mol. The lowest BCUT2D eigenvalue weighted by Gasteiger charge is -2.18. The number of aliphatic hydroxyl groups is 10. The topological polar surface area (TPSA) is 564 Å². The van der Waals surface area contributed by atoms with Crippen molar-refractivity contribution in [2.45, 2.75) is 235 Å². The molecule has 10 aromatic heterocycles. The van der Waals surface area contributed by atoms with Crippen LogP contribution in [0.15, 0.2) is 78.1 Å². The van der Waals surface area contributed by atoms with Gasteiger partial charge in [0, 0.05) is 19.6 Å². The molecule has 15 heterocycles. The van der Waals surface area contributed by atoms with Gasteiger partial charge in [-0.15, -0.1) is 65.9 Å². The van der Waals surface area contributed by atoms with E-state index in [0.29, 0.717) is 142 Å². The normalized spacial score (nSPS) is 26.0. The van der Waals surface area contributed by atoms with E-state index in [1.54, 1.807) is 55.7 Å². The summed E-state index contributed by atoms with van der Waals surface area (Å²) in [7, 11) is 1.50. The summed E-state index contributed by atoms with van der Waals surface area (Å²) >= 11 is 1.43. The number of nitrogen functional groups attached to an aromatic ring is 2. The van der Waals surface area contributed by atoms with Gasteiger partial charge in [-0.25, -0.2) is 64.8 Å². The van der Waals surface area contributed by atoms with Crippen LogP contribution in [-0.4, -0.2) is 402 Å². The number of hydrogen-bond acceptors (Lipinski definition) is 37. The lowest BCUT2D eigenvalue weighted by molar-refractivity contribution is -0.0353. The fourth-order valence-corrected chi connectivity index (χ4v) is 21.1. The zero-order valence-corrected chi connectivity index (χ0v) is 89.0. The van der Waals surface area contributed by atoms with E-state index in [0.717, 1.165) is 50.1 Å². The van der Waals surface area contributed by atoms with Crippen LogP contribution in [0.3, 0.4) is 0 Å². The van der Waals surface area contributed by atoms with E-state index in [9.17, 15) is 51.1 Å². The molecule has 20 atom stereocenters. The zero-order valence-electron chi connectivity index (χ0n) is 83.8. The van der Waals surface area contributed by atoms with E-state index in [1.807, 2.05) is 6.26 Å². The third-order valence-corrected chi connectivity index (χ3v) is 32.5. The number of rotatable bonds is 34. The number of imidazole rings is 5.